The first-order valence-electron chi connectivity index (χ1n) is 8.64. The fraction of sp³-hybridized carbons (Fsp3) is 0.316. The van der Waals surface area contributed by atoms with E-state index < -0.39 is 0 Å². The van der Waals surface area contributed by atoms with Crippen molar-refractivity contribution in [3.8, 4) is 5.75 Å². The maximum atomic E-state index is 12.4. The number of thioether (sulfide) groups is 1. The number of carbonyl (C=O) groups is 2. The van der Waals surface area contributed by atoms with Crippen LogP contribution in [-0.4, -0.2) is 48.8 Å². The number of anilines is 2. The molecule has 2 aromatic rings. The van der Waals surface area contributed by atoms with Crippen LogP contribution in [-0.2, 0) is 9.59 Å². The topological polar surface area (TPSA) is 83.6 Å². The fourth-order valence-corrected chi connectivity index (χ4v) is 3.50. The minimum Gasteiger partial charge on any atom is -0.497 e. The van der Waals surface area contributed by atoms with Crippen molar-refractivity contribution in [1.82, 2.24) is 10.3 Å². The summed E-state index contributed by atoms with van der Waals surface area (Å²) >= 11 is 1.48. The molecule has 7 nitrogen and oxygen atoms in total. The van der Waals surface area contributed by atoms with E-state index in [-0.39, 0.29) is 17.1 Å². The predicted molar refractivity (Wildman–Crippen MR) is 106 cm³/mol. The standard InChI is InChI=1S/C19H22N4O3S/c1-13(27-16-6-4-15(26-2)5-7-16)19(25)22-14-3-8-17(21-11-14)23-10-9-20-18(24)12-23/h3-8,11,13H,9-10,12H2,1-2H3,(H,20,24)(H,22,25)/t13-/m0/s1. The third kappa shape index (κ3) is 5.13. The third-order valence-corrected chi connectivity index (χ3v) is 5.23. The number of rotatable bonds is 6. The summed E-state index contributed by atoms with van der Waals surface area (Å²) in [6, 6.07) is 11.2. The Morgan fingerprint density at radius 3 is 2.70 bits per heavy atom. The summed E-state index contributed by atoms with van der Waals surface area (Å²) in [5.74, 6) is 1.41. The third-order valence-electron chi connectivity index (χ3n) is 4.12. The molecule has 2 heterocycles. The van der Waals surface area contributed by atoms with Crippen LogP contribution in [0.2, 0.25) is 0 Å². The normalized spacial score (nSPS) is 15.0. The molecule has 1 fully saturated rings. The van der Waals surface area contributed by atoms with Crippen LogP contribution in [0.15, 0.2) is 47.5 Å². The van der Waals surface area contributed by atoms with Gasteiger partial charge in [0.1, 0.15) is 11.6 Å². The molecule has 0 spiro atoms. The summed E-state index contributed by atoms with van der Waals surface area (Å²) < 4.78 is 5.14. The molecular formula is C19H22N4O3S. The van der Waals surface area contributed by atoms with Crippen LogP contribution in [0.4, 0.5) is 11.5 Å². The zero-order valence-corrected chi connectivity index (χ0v) is 16.1. The Bertz CT molecular complexity index is 796. The number of methoxy groups -OCH3 is 1. The molecule has 27 heavy (non-hydrogen) atoms. The number of amides is 2. The maximum Gasteiger partial charge on any atom is 0.239 e. The number of ether oxygens (including phenoxy) is 1. The van der Waals surface area contributed by atoms with Crippen LogP contribution in [0.5, 0.6) is 5.75 Å². The molecule has 1 saturated heterocycles. The van der Waals surface area contributed by atoms with Crippen molar-refractivity contribution in [3.63, 3.8) is 0 Å². The highest BCUT2D eigenvalue weighted by atomic mass is 32.2. The van der Waals surface area contributed by atoms with Gasteiger partial charge >= 0.3 is 0 Å². The Morgan fingerprint density at radius 2 is 2.07 bits per heavy atom. The van der Waals surface area contributed by atoms with E-state index in [0.717, 1.165) is 23.0 Å². The summed E-state index contributed by atoms with van der Waals surface area (Å²) in [5, 5.41) is 5.40. The van der Waals surface area contributed by atoms with Gasteiger partial charge in [0.05, 0.1) is 30.8 Å². The summed E-state index contributed by atoms with van der Waals surface area (Å²) in [6.07, 6.45) is 1.62. The summed E-state index contributed by atoms with van der Waals surface area (Å²) in [5.41, 5.74) is 0.632. The van der Waals surface area contributed by atoms with Crippen LogP contribution < -0.4 is 20.3 Å². The Balaban J connectivity index is 1.55. The summed E-state index contributed by atoms with van der Waals surface area (Å²) in [4.78, 5) is 31.2. The van der Waals surface area contributed by atoms with Gasteiger partial charge in [-0.1, -0.05) is 0 Å². The van der Waals surface area contributed by atoms with E-state index in [1.54, 1.807) is 19.4 Å². The molecule has 2 amide bonds. The van der Waals surface area contributed by atoms with Crippen molar-refractivity contribution in [2.75, 3.05) is 37.0 Å². The lowest BCUT2D eigenvalue weighted by Crippen LogP contribution is -2.48. The first kappa shape index (κ1) is 19.0. The van der Waals surface area contributed by atoms with Crippen LogP contribution in [0, 0.1) is 0 Å². The molecule has 1 aliphatic rings. The minimum atomic E-state index is -0.260. The predicted octanol–water partition coefficient (Wildman–Crippen LogP) is 2.15. The van der Waals surface area contributed by atoms with Crippen molar-refractivity contribution >= 4 is 35.1 Å². The number of piperazine rings is 1. The summed E-state index contributed by atoms with van der Waals surface area (Å²) in [6.45, 7) is 3.49. The summed E-state index contributed by atoms with van der Waals surface area (Å²) in [7, 11) is 1.62. The van der Waals surface area contributed by atoms with Crippen LogP contribution in [0.3, 0.4) is 0 Å². The maximum absolute atomic E-state index is 12.4. The number of hydrogen-bond donors (Lipinski definition) is 2. The highest BCUT2D eigenvalue weighted by molar-refractivity contribution is 8.00. The number of nitrogens with zero attached hydrogens (tertiary/aromatic N) is 2. The average Bonchev–Trinajstić information content (AvgIpc) is 2.69. The van der Waals surface area contributed by atoms with Crippen molar-refractivity contribution in [2.45, 2.75) is 17.1 Å². The zero-order valence-electron chi connectivity index (χ0n) is 15.3. The molecule has 0 saturated carbocycles. The Hall–Kier alpha value is -2.74. The molecule has 1 atom stereocenters. The molecule has 8 heteroatoms. The highest BCUT2D eigenvalue weighted by Gasteiger charge is 2.18. The van der Waals surface area contributed by atoms with Gasteiger partial charge in [-0.3, -0.25) is 9.59 Å². The largest absolute Gasteiger partial charge is 0.497 e. The monoisotopic (exact) mass is 386 g/mol. The zero-order chi connectivity index (χ0) is 19.2. The van der Waals surface area contributed by atoms with Gasteiger partial charge in [-0.05, 0) is 43.3 Å². The van der Waals surface area contributed by atoms with E-state index in [1.165, 1.54) is 11.8 Å². The second-order valence-electron chi connectivity index (χ2n) is 6.10. The van der Waals surface area contributed by atoms with E-state index in [9.17, 15) is 9.59 Å². The van der Waals surface area contributed by atoms with E-state index in [0.29, 0.717) is 18.8 Å². The SMILES string of the molecule is COc1ccc(S[C@@H](C)C(=O)Nc2ccc(N3CCNC(=O)C3)nc2)cc1. The smallest absolute Gasteiger partial charge is 0.239 e. The number of pyridine rings is 1. The molecule has 0 aliphatic carbocycles. The van der Waals surface area contributed by atoms with Crippen LogP contribution in [0.1, 0.15) is 6.92 Å². The molecule has 1 aromatic carbocycles. The molecule has 142 valence electrons. The van der Waals surface area contributed by atoms with Crippen molar-refractivity contribution in [1.29, 1.82) is 0 Å². The van der Waals surface area contributed by atoms with Gasteiger partial charge < -0.3 is 20.3 Å². The molecular weight excluding hydrogens is 364 g/mol. The molecule has 2 N–H and O–H groups in total. The van der Waals surface area contributed by atoms with E-state index in [1.807, 2.05) is 42.2 Å². The highest BCUT2D eigenvalue weighted by Crippen LogP contribution is 2.26. The van der Waals surface area contributed by atoms with Gasteiger partial charge in [0.2, 0.25) is 11.8 Å². The molecule has 1 aromatic heterocycles. The molecule has 0 unspecified atom stereocenters. The fourth-order valence-electron chi connectivity index (χ4n) is 2.64. The first-order valence-corrected chi connectivity index (χ1v) is 9.52. The second-order valence-corrected chi connectivity index (χ2v) is 7.52. The van der Waals surface area contributed by atoms with Gasteiger partial charge in [-0.25, -0.2) is 4.98 Å². The number of benzene rings is 1. The number of carbonyl (C=O) groups excluding carboxylic acids is 2. The Morgan fingerprint density at radius 1 is 1.30 bits per heavy atom. The lowest BCUT2D eigenvalue weighted by molar-refractivity contribution is -0.120. The molecule has 3 rings (SSSR count). The molecule has 0 bridgehead atoms. The Kier molecular flexibility index (Phi) is 6.18. The quantitative estimate of drug-likeness (QED) is 0.740. The van der Waals surface area contributed by atoms with Gasteiger partial charge in [-0.2, -0.15) is 0 Å². The van der Waals surface area contributed by atoms with Crippen molar-refractivity contribution in [3.05, 3.63) is 42.6 Å². The van der Waals surface area contributed by atoms with Crippen molar-refractivity contribution in [2.24, 2.45) is 0 Å². The van der Waals surface area contributed by atoms with Gasteiger partial charge in [0.15, 0.2) is 0 Å². The van der Waals surface area contributed by atoms with Crippen LogP contribution >= 0.6 is 11.8 Å². The Labute approximate surface area is 162 Å². The number of nitrogens with one attached hydrogen (secondary N) is 2. The van der Waals surface area contributed by atoms with Crippen LogP contribution in [0.25, 0.3) is 0 Å². The number of aromatic nitrogens is 1. The van der Waals surface area contributed by atoms with Gasteiger partial charge in [-0.15, -0.1) is 11.8 Å². The van der Waals surface area contributed by atoms with Gasteiger partial charge in [0, 0.05) is 18.0 Å². The van der Waals surface area contributed by atoms with Gasteiger partial charge in [0.25, 0.3) is 0 Å². The van der Waals surface area contributed by atoms with Crippen molar-refractivity contribution < 1.29 is 14.3 Å². The lowest BCUT2D eigenvalue weighted by Gasteiger charge is -2.27. The molecule has 1 aliphatic heterocycles. The van der Waals surface area contributed by atoms with E-state index >= 15 is 0 Å². The number of hydrogen-bond acceptors (Lipinski definition) is 6. The lowest BCUT2D eigenvalue weighted by atomic mass is 10.3. The van der Waals surface area contributed by atoms with E-state index in [4.69, 9.17) is 4.74 Å². The average molecular weight is 386 g/mol. The second kappa shape index (κ2) is 8.77. The van der Waals surface area contributed by atoms with E-state index in [2.05, 4.69) is 15.6 Å². The molecule has 0 radical (unpaired) electrons. The first-order chi connectivity index (χ1) is 13.0. The minimum absolute atomic E-state index is 0.00943.